The van der Waals surface area contributed by atoms with Crippen LogP contribution >= 0.6 is 0 Å². The highest BCUT2D eigenvalue weighted by Gasteiger charge is 2.20. The van der Waals surface area contributed by atoms with Gasteiger partial charge in [-0.2, -0.15) is 0 Å². The van der Waals surface area contributed by atoms with Crippen molar-refractivity contribution < 1.29 is 4.79 Å². The third kappa shape index (κ3) is 5.17. The van der Waals surface area contributed by atoms with Crippen molar-refractivity contribution in [3.05, 3.63) is 0 Å². The van der Waals surface area contributed by atoms with E-state index in [1.165, 1.54) is 0 Å². The second-order valence-corrected chi connectivity index (χ2v) is 4.69. The molecule has 0 aliphatic heterocycles. The van der Waals surface area contributed by atoms with Crippen LogP contribution in [0.5, 0.6) is 0 Å². The van der Waals surface area contributed by atoms with E-state index >= 15 is 0 Å². The summed E-state index contributed by atoms with van der Waals surface area (Å²) in [4.78, 5) is 11.5. The van der Waals surface area contributed by atoms with Crippen LogP contribution in [0.15, 0.2) is 0 Å². The molecular weight excluding hydrogens is 188 g/mol. The highest BCUT2D eigenvalue weighted by Crippen LogP contribution is 2.25. The maximum Gasteiger partial charge on any atom is 0.220 e. The van der Waals surface area contributed by atoms with Crippen LogP contribution in [-0.2, 0) is 4.79 Å². The van der Waals surface area contributed by atoms with Gasteiger partial charge in [-0.1, -0.05) is 13.3 Å². The topological polar surface area (TPSA) is 55.1 Å². The Hall–Kier alpha value is -0.570. The van der Waals surface area contributed by atoms with E-state index in [0.29, 0.717) is 18.4 Å². The molecule has 0 radical (unpaired) electrons. The van der Waals surface area contributed by atoms with Crippen LogP contribution in [0.3, 0.4) is 0 Å². The lowest BCUT2D eigenvalue weighted by Gasteiger charge is -2.25. The number of carbonyl (C=O) groups excluding carboxylic acids is 1. The number of hydrogen-bond acceptors (Lipinski definition) is 2. The first-order valence-corrected chi connectivity index (χ1v) is 6.24. The molecule has 1 rings (SSSR count). The molecule has 0 saturated heterocycles. The first-order valence-electron chi connectivity index (χ1n) is 6.24. The van der Waals surface area contributed by atoms with Gasteiger partial charge in [-0.25, -0.2) is 0 Å². The van der Waals surface area contributed by atoms with E-state index in [1.54, 1.807) is 0 Å². The summed E-state index contributed by atoms with van der Waals surface area (Å²) < 4.78 is 0. The third-order valence-corrected chi connectivity index (χ3v) is 3.22. The summed E-state index contributed by atoms with van der Waals surface area (Å²) in [5, 5.41) is 2.97. The number of amides is 1. The summed E-state index contributed by atoms with van der Waals surface area (Å²) >= 11 is 0. The van der Waals surface area contributed by atoms with Gasteiger partial charge in [0, 0.05) is 19.0 Å². The normalized spacial score (nSPS) is 26.3. The predicted octanol–water partition coefficient (Wildman–Crippen LogP) is 1.81. The first kappa shape index (κ1) is 12.5. The fourth-order valence-corrected chi connectivity index (χ4v) is 2.13. The van der Waals surface area contributed by atoms with Crippen LogP contribution in [0.25, 0.3) is 0 Å². The quantitative estimate of drug-likeness (QED) is 0.683. The molecular formula is C12H24N2O. The zero-order valence-corrected chi connectivity index (χ0v) is 9.80. The number of rotatable bonds is 5. The fourth-order valence-electron chi connectivity index (χ4n) is 2.13. The molecule has 0 unspecified atom stereocenters. The zero-order valence-electron chi connectivity index (χ0n) is 9.80. The highest BCUT2D eigenvalue weighted by atomic mass is 16.1. The maximum absolute atomic E-state index is 11.5. The van der Waals surface area contributed by atoms with Crippen molar-refractivity contribution in [2.24, 2.45) is 11.7 Å². The van der Waals surface area contributed by atoms with Gasteiger partial charge in [0.15, 0.2) is 0 Å². The molecule has 3 N–H and O–H groups in total. The smallest absolute Gasteiger partial charge is 0.220 e. The van der Waals surface area contributed by atoms with E-state index in [9.17, 15) is 4.79 Å². The van der Waals surface area contributed by atoms with E-state index < -0.39 is 0 Å². The van der Waals surface area contributed by atoms with E-state index in [1.807, 2.05) is 0 Å². The molecule has 0 heterocycles. The number of nitrogens with one attached hydrogen (secondary N) is 1. The first-order chi connectivity index (χ1) is 7.22. The van der Waals surface area contributed by atoms with Crippen molar-refractivity contribution in [1.82, 2.24) is 5.32 Å². The van der Waals surface area contributed by atoms with E-state index in [2.05, 4.69) is 12.2 Å². The van der Waals surface area contributed by atoms with Crippen LogP contribution in [0.2, 0.25) is 0 Å². The molecule has 3 nitrogen and oxygen atoms in total. The lowest BCUT2D eigenvalue weighted by atomic mass is 9.84. The SMILES string of the molecule is CCCCNC(=O)CC1CCC(N)CC1. The zero-order chi connectivity index (χ0) is 11.1. The second-order valence-electron chi connectivity index (χ2n) is 4.69. The summed E-state index contributed by atoms with van der Waals surface area (Å²) in [6.07, 6.45) is 7.36. The summed E-state index contributed by atoms with van der Waals surface area (Å²) in [7, 11) is 0. The second kappa shape index (κ2) is 6.83. The number of hydrogen-bond donors (Lipinski definition) is 2. The van der Waals surface area contributed by atoms with Crippen LogP contribution in [0, 0.1) is 5.92 Å². The van der Waals surface area contributed by atoms with Crippen molar-refractivity contribution in [3.63, 3.8) is 0 Å². The standard InChI is InChI=1S/C12H24N2O/c1-2-3-8-14-12(15)9-10-4-6-11(13)7-5-10/h10-11H,2-9,13H2,1H3,(H,14,15). The Morgan fingerprint density at radius 1 is 1.33 bits per heavy atom. The molecule has 0 spiro atoms. The average Bonchev–Trinajstić information content (AvgIpc) is 2.22. The highest BCUT2D eigenvalue weighted by molar-refractivity contribution is 5.76. The van der Waals surface area contributed by atoms with Crippen LogP contribution < -0.4 is 11.1 Å². The van der Waals surface area contributed by atoms with E-state index in [4.69, 9.17) is 5.73 Å². The Kier molecular flexibility index (Phi) is 5.69. The van der Waals surface area contributed by atoms with Crippen molar-refractivity contribution in [2.75, 3.05) is 6.54 Å². The Labute approximate surface area is 92.8 Å². The van der Waals surface area contributed by atoms with Gasteiger partial charge < -0.3 is 11.1 Å². The summed E-state index contributed by atoms with van der Waals surface area (Å²) in [6.45, 7) is 2.97. The number of carbonyl (C=O) groups is 1. The molecule has 88 valence electrons. The molecule has 0 aromatic carbocycles. The Morgan fingerprint density at radius 2 is 2.00 bits per heavy atom. The van der Waals surface area contributed by atoms with Gasteiger partial charge in [0.1, 0.15) is 0 Å². The summed E-state index contributed by atoms with van der Waals surface area (Å²) in [6, 6.07) is 0.379. The molecule has 1 fully saturated rings. The van der Waals surface area contributed by atoms with Crippen LogP contribution in [0.1, 0.15) is 51.9 Å². The number of unbranched alkanes of at least 4 members (excludes halogenated alkanes) is 1. The van der Waals surface area contributed by atoms with Gasteiger partial charge in [0.25, 0.3) is 0 Å². The van der Waals surface area contributed by atoms with Crippen molar-refractivity contribution >= 4 is 5.91 Å². The predicted molar refractivity (Wildman–Crippen MR) is 62.5 cm³/mol. The van der Waals surface area contributed by atoms with Crippen molar-refractivity contribution in [2.45, 2.75) is 57.9 Å². The van der Waals surface area contributed by atoms with Crippen molar-refractivity contribution in [3.8, 4) is 0 Å². The van der Waals surface area contributed by atoms with E-state index in [-0.39, 0.29) is 5.91 Å². The van der Waals surface area contributed by atoms with Gasteiger partial charge in [-0.05, 0) is 38.0 Å². The molecule has 0 atom stereocenters. The Bertz CT molecular complexity index is 186. The van der Waals surface area contributed by atoms with Crippen LogP contribution in [0.4, 0.5) is 0 Å². The van der Waals surface area contributed by atoms with Gasteiger partial charge in [-0.15, -0.1) is 0 Å². The molecule has 1 aliphatic carbocycles. The van der Waals surface area contributed by atoms with Gasteiger partial charge in [0.05, 0.1) is 0 Å². The Balaban J connectivity index is 2.09. The number of nitrogens with two attached hydrogens (primary N) is 1. The lowest BCUT2D eigenvalue weighted by molar-refractivity contribution is -0.122. The molecule has 1 aliphatic rings. The van der Waals surface area contributed by atoms with Gasteiger partial charge >= 0.3 is 0 Å². The van der Waals surface area contributed by atoms with Gasteiger partial charge in [0.2, 0.25) is 5.91 Å². The third-order valence-electron chi connectivity index (χ3n) is 3.22. The summed E-state index contributed by atoms with van der Waals surface area (Å²) in [5.74, 6) is 0.801. The molecule has 0 aromatic heterocycles. The molecule has 0 bridgehead atoms. The van der Waals surface area contributed by atoms with E-state index in [0.717, 1.165) is 45.1 Å². The minimum atomic E-state index is 0.226. The van der Waals surface area contributed by atoms with Crippen molar-refractivity contribution in [1.29, 1.82) is 0 Å². The Morgan fingerprint density at radius 3 is 2.60 bits per heavy atom. The molecule has 0 aromatic rings. The maximum atomic E-state index is 11.5. The monoisotopic (exact) mass is 212 g/mol. The largest absolute Gasteiger partial charge is 0.356 e. The summed E-state index contributed by atoms with van der Waals surface area (Å²) in [5.41, 5.74) is 5.83. The molecule has 1 saturated carbocycles. The fraction of sp³-hybridized carbons (Fsp3) is 0.917. The molecule has 15 heavy (non-hydrogen) atoms. The molecule has 3 heteroatoms. The minimum absolute atomic E-state index is 0.226. The minimum Gasteiger partial charge on any atom is -0.356 e. The van der Waals surface area contributed by atoms with Crippen LogP contribution in [-0.4, -0.2) is 18.5 Å². The lowest BCUT2D eigenvalue weighted by Crippen LogP contribution is -2.31. The molecule has 1 amide bonds. The van der Waals surface area contributed by atoms with Gasteiger partial charge in [-0.3, -0.25) is 4.79 Å². The average molecular weight is 212 g/mol.